The molecule has 4 rings (SSSR count). The molecule has 4 aliphatic rings. The number of fused-ring (bicyclic) bond motifs is 4. The van der Waals surface area contributed by atoms with Gasteiger partial charge in [0, 0.05) is 0 Å². The van der Waals surface area contributed by atoms with Gasteiger partial charge in [-0.15, -0.1) is 0 Å². The second-order valence-corrected chi connectivity index (χ2v) is 8.04. The summed E-state index contributed by atoms with van der Waals surface area (Å²) in [5.74, 6) is -0.319. The maximum absolute atomic E-state index is 12.2. The normalized spacial score (nSPS) is 45.9. The summed E-state index contributed by atoms with van der Waals surface area (Å²) in [6.07, 6.45) is 7.72. The van der Waals surface area contributed by atoms with Crippen molar-refractivity contribution in [3.8, 4) is 0 Å². The number of hydrogen-bond donors (Lipinski definition) is 2. The molecule has 4 aliphatic carbocycles. The number of carbonyl (C=O) groups is 2. The van der Waals surface area contributed by atoms with Crippen LogP contribution in [0.4, 0.5) is 0 Å². The maximum Gasteiger partial charge on any atom is 0.211 e. The average molecular weight is 316 g/mol. The van der Waals surface area contributed by atoms with Crippen molar-refractivity contribution in [2.45, 2.75) is 51.6 Å². The summed E-state index contributed by atoms with van der Waals surface area (Å²) in [5.41, 5.74) is 1.97. The van der Waals surface area contributed by atoms with E-state index in [1.54, 1.807) is 6.08 Å². The molecule has 23 heavy (non-hydrogen) atoms. The lowest BCUT2D eigenvalue weighted by atomic mass is 9.53. The van der Waals surface area contributed by atoms with Crippen LogP contribution in [0, 0.1) is 29.1 Å². The molecule has 0 bridgehead atoms. The summed E-state index contributed by atoms with van der Waals surface area (Å²) >= 11 is 0. The van der Waals surface area contributed by atoms with Crippen molar-refractivity contribution in [2.75, 3.05) is 0 Å². The van der Waals surface area contributed by atoms with Gasteiger partial charge in [0.1, 0.15) is 12.2 Å². The van der Waals surface area contributed by atoms with Crippen LogP contribution in [0.25, 0.3) is 0 Å². The Bertz CT molecular complexity index is 631. The van der Waals surface area contributed by atoms with Crippen LogP contribution >= 0.6 is 0 Å². The quantitative estimate of drug-likeness (QED) is 0.576. The van der Waals surface area contributed by atoms with Crippen molar-refractivity contribution in [2.24, 2.45) is 29.1 Å². The van der Waals surface area contributed by atoms with Crippen LogP contribution in [0.1, 0.15) is 45.4 Å². The van der Waals surface area contributed by atoms with Crippen LogP contribution in [0.3, 0.4) is 0 Å². The van der Waals surface area contributed by atoms with E-state index in [9.17, 15) is 19.8 Å². The molecule has 0 saturated heterocycles. The number of rotatable bonds is 1. The zero-order chi connectivity index (χ0) is 16.4. The summed E-state index contributed by atoms with van der Waals surface area (Å²) < 4.78 is 0. The Hall–Kier alpha value is -1.42. The van der Waals surface area contributed by atoms with Gasteiger partial charge in [-0.2, -0.15) is 0 Å². The summed E-state index contributed by atoms with van der Waals surface area (Å²) in [6.45, 7) is 2.21. The Labute approximate surface area is 136 Å². The van der Waals surface area contributed by atoms with Crippen molar-refractivity contribution in [3.63, 3.8) is 0 Å². The van der Waals surface area contributed by atoms with E-state index < -0.39 is 11.7 Å². The number of aliphatic hydroxyl groups is 2. The van der Waals surface area contributed by atoms with Crippen molar-refractivity contribution in [1.29, 1.82) is 0 Å². The first-order chi connectivity index (χ1) is 11.0. The van der Waals surface area contributed by atoms with Crippen LogP contribution in [0.2, 0.25) is 0 Å². The zero-order valence-electron chi connectivity index (χ0n) is 13.5. The summed E-state index contributed by atoms with van der Waals surface area (Å²) in [5, 5.41) is 20.2. The molecule has 0 radical (unpaired) electrons. The third kappa shape index (κ3) is 1.94. The fourth-order valence-electron chi connectivity index (χ4n) is 6.01. The molecular formula is C19H24O4. The molecule has 2 saturated carbocycles. The number of aldehydes is 1. The highest BCUT2D eigenvalue weighted by Crippen LogP contribution is 2.61. The largest absolute Gasteiger partial charge is 0.504 e. The number of carbonyl (C=O) groups excluding carboxylic acids is 2. The maximum atomic E-state index is 12.2. The van der Waals surface area contributed by atoms with E-state index in [2.05, 4.69) is 6.92 Å². The van der Waals surface area contributed by atoms with Crippen LogP contribution in [-0.4, -0.2) is 28.4 Å². The predicted octanol–water partition coefficient (Wildman–Crippen LogP) is 2.72. The molecule has 6 atom stereocenters. The van der Waals surface area contributed by atoms with Gasteiger partial charge in [-0.3, -0.25) is 4.79 Å². The molecule has 2 fully saturated rings. The van der Waals surface area contributed by atoms with Crippen LogP contribution in [0.15, 0.2) is 23.0 Å². The highest BCUT2D eigenvalue weighted by molar-refractivity contribution is 6.07. The Morgan fingerprint density at radius 1 is 1.26 bits per heavy atom. The highest BCUT2D eigenvalue weighted by atomic mass is 16.3. The summed E-state index contributed by atoms with van der Waals surface area (Å²) in [7, 11) is 0. The van der Waals surface area contributed by atoms with E-state index in [0.717, 1.165) is 49.7 Å². The molecule has 0 aromatic rings. The number of hydrogen-bond acceptors (Lipinski definition) is 4. The Morgan fingerprint density at radius 3 is 2.78 bits per heavy atom. The zero-order valence-corrected chi connectivity index (χ0v) is 13.5. The van der Waals surface area contributed by atoms with E-state index in [1.165, 1.54) is 0 Å². The van der Waals surface area contributed by atoms with Gasteiger partial charge in [0.25, 0.3) is 0 Å². The first-order valence-corrected chi connectivity index (χ1v) is 8.78. The molecule has 1 unspecified atom stereocenters. The Balaban J connectivity index is 1.74. The summed E-state index contributed by atoms with van der Waals surface area (Å²) in [6, 6.07) is 0. The molecule has 0 amide bonds. The number of Topliss-reactive ketones (excluding diaryl/α,β-unsaturated/α-hetero) is 1. The minimum absolute atomic E-state index is 0.00738. The van der Waals surface area contributed by atoms with Crippen molar-refractivity contribution in [3.05, 3.63) is 23.0 Å². The second-order valence-electron chi connectivity index (χ2n) is 8.04. The lowest BCUT2D eigenvalue weighted by Gasteiger charge is -2.51. The van der Waals surface area contributed by atoms with Gasteiger partial charge in [-0.1, -0.05) is 6.92 Å². The van der Waals surface area contributed by atoms with E-state index in [4.69, 9.17) is 0 Å². The topological polar surface area (TPSA) is 74.6 Å². The highest BCUT2D eigenvalue weighted by Gasteiger charge is 2.56. The molecule has 0 aliphatic heterocycles. The third-order valence-electron chi connectivity index (χ3n) is 7.22. The molecule has 0 aromatic heterocycles. The lowest BCUT2D eigenvalue weighted by Crippen LogP contribution is -2.46. The first kappa shape index (κ1) is 15.1. The molecule has 0 heterocycles. The SMILES string of the molecule is C[C@]12CC[C@@H]3C4=C(C=C(O)C(=O)C4C=O)CC[C@H]3[C@@H]1CC[C@@H]2O. The van der Waals surface area contributed by atoms with Gasteiger partial charge < -0.3 is 15.0 Å². The molecule has 4 nitrogen and oxygen atoms in total. The van der Waals surface area contributed by atoms with Crippen molar-refractivity contribution in [1.82, 2.24) is 0 Å². The van der Waals surface area contributed by atoms with E-state index in [0.29, 0.717) is 18.1 Å². The van der Waals surface area contributed by atoms with Gasteiger partial charge in [0.05, 0.1) is 6.10 Å². The lowest BCUT2D eigenvalue weighted by molar-refractivity contribution is -0.126. The summed E-state index contributed by atoms with van der Waals surface area (Å²) in [4.78, 5) is 23.8. The smallest absolute Gasteiger partial charge is 0.211 e. The predicted molar refractivity (Wildman–Crippen MR) is 84.6 cm³/mol. The fraction of sp³-hybridized carbons (Fsp3) is 0.684. The van der Waals surface area contributed by atoms with Crippen LogP contribution in [-0.2, 0) is 9.59 Å². The molecule has 0 aromatic carbocycles. The third-order valence-corrected chi connectivity index (χ3v) is 7.22. The Kier molecular flexibility index (Phi) is 3.31. The number of ketones is 1. The van der Waals surface area contributed by atoms with Gasteiger partial charge in [0.2, 0.25) is 5.78 Å². The van der Waals surface area contributed by atoms with Crippen LogP contribution in [0.5, 0.6) is 0 Å². The minimum Gasteiger partial charge on any atom is -0.504 e. The number of allylic oxidation sites excluding steroid dienone is 4. The van der Waals surface area contributed by atoms with E-state index in [-0.39, 0.29) is 23.2 Å². The molecule has 0 spiro atoms. The van der Waals surface area contributed by atoms with Gasteiger partial charge in [-0.05, 0) is 78.9 Å². The van der Waals surface area contributed by atoms with E-state index in [1.807, 2.05) is 0 Å². The number of aliphatic hydroxyl groups excluding tert-OH is 2. The molecule has 2 N–H and O–H groups in total. The van der Waals surface area contributed by atoms with Gasteiger partial charge in [-0.25, -0.2) is 0 Å². The monoisotopic (exact) mass is 316 g/mol. The standard InChI is InChI=1S/C19H24O4/c1-19-7-6-12-11(14(19)4-5-16(19)22)3-2-10-8-15(21)18(23)13(9-20)17(10)12/h8-9,11-14,16,21-22H,2-7H2,1H3/t11-,12+,13?,14+,16+,19+/m1/s1. The van der Waals surface area contributed by atoms with Crippen molar-refractivity contribution >= 4 is 12.1 Å². The van der Waals surface area contributed by atoms with Gasteiger partial charge >= 0.3 is 0 Å². The van der Waals surface area contributed by atoms with Crippen molar-refractivity contribution < 1.29 is 19.8 Å². The van der Waals surface area contributed by atoms with Crippen LogP contribution < -0.4 is 0 Å². The molecular weight excluding hydrogens is 292 g/mol. The average Bonchev–Trinajstić information content (AvgIpc) is 2.84. The van der Waals surface area contributed by atoms with E-state index >= 15 is 0 Å². The Morgan fingerprint density at radius 2 is 2.04 bits per heavy atom. The fourth-order valence-corrected chi connectivity index (χ4v) is 6.01. The second kappa shape index (κ2) is 5.04. The first-order valence-electron chi connectivity index (χ1n) is 8.78. The minimum atomic E-state index is -0.793. The van der Waals surface area contributed by atoms with Gasteiger partial charge in [0.15, 0.2) is 5.76 Å². The molecule has 124 valence electrons. The molecule has 4 heteroatoms.